The third-order valence-electron chi connectivity index (χ3n) is 4.37. The molecule has 1 aliphatic carbocycles. The number of nitrogens with zero attached hydrogens (tertiary/aromatic N) is 3. The summed E-state index contributed by atoms with van der Waals surface area (Å²) in [4.78, 5) is 2.53. The second kappa shape index (κ2) is 5.41. The second-order valence-corrected chi connectivity index (χ2v) is 5.75. The zero-order valence-electron chi connectivity index (χ0n) is 11.3. The summed E-state index contributed by atoms with van der Waals surface area (Å²) in [6, 6.07) is 3.49. The molecule has 1 saturated heterocycles. The molecule has 1 saturated carbocycles. The van der Waals surface area contributed by atoms with Crippen molar-refractivity contribution in [1.29, 1.82) is 0 Å². The van der Waals surface area contributed by atoms with Crippen LogP contribution >= 0.6 is 0 Å². The lowest BCUT2D eigenvalue weighted by molar-refractivity contribution is 0.163. The van der Waals surface area contributed by atoms with Gasteiger partial charge in [-0.05, 0) is 25.8 Å². The number of piperazine rings is 1. The standard InChI is InChI=1S/C14H24N4/c1-12-10-15-7-9-17(12)11-13-6-8-18(16-13)14-4-2-3-5-14/h6,8,12,14-15H,2-5,7,9-11H2,1H3/t12-/m1/s1. The lowest BCUT2D eigenvalue weighted by Gasteiger charge is -2.33. The summed E-state index contributed by atoms with van der Waals surface area (Å²) in [6.45, 7) is 6.64. The lowest BCUT2D eigenvalue weighted by Crippen LogP contribution is -2.49. The monoisotopic (exact) mass is 248 g/mol. The van der Waals surface area contributed by atoms with Crippen molar-refractivity contribution in [2.75, 3.05) is 19.6 Å². The van der Waals surface area contributed by atoms with Crippen LogP contribution in [-0.4, -0.2) is 40.4 Å². The smallest absolute Gasteiger partial charge is 0.0765 e. The Morgan fingerprint density at radius 3 is 3.00 bits per heavy atom. The maximum absolute atomic E-state index is 4.78. The fraction of sp³-hybridized carbons (Fsp3) is 0.786. The Kier molecular flexibility index (Phi) is 3.66. The molecular formula is C14H24N4. The third kappa shape index (κ3) is 2.59. The second-order valence-electron chi connectivity index (χ2n) is 5.75. The molecule has 0 aromatic carbocycles. The number of hydrogen-bond donors (Lipinski definition) is 1. The Hall–Kier alpha value is -0.870. The first-order chi connectivity index (χ1) is 8.83. The molecule has 1 aromatic rings. The molecule has 0 bridgehead atoms. The summed E-state index contributed by atoms with van der Waals surface area (Å²) < 4.78 is 2.20. The molecule has 0 radical (unpaired) electrons. The zero-order chi connectivity index (χ0) is 12.4. The summed E-state index contributed by atoms with van der Waals surface area (Å²) in [5.41, 5.74) is 1.23. The highest BCUT2D eigenvalue weighted by Gasteiger charge is 2.20. The van der Waals surface area contributed by atoms with Crippen LogP contribution in [0.5, 0.6) is 0 Å². The average Bonchev–Trinajstić information content (AvgIpc) is 3.02. The molecule has 1 N–H and O–H groups in total. The summed E-state index contributed by atoms with van der Waals surface area (Å²) >= 11 is 0. The Bertz CT molecular complexity index is 381. The Labute approximate surface area is 109 Å². The zero-order valence-corrected chi connectivity index (χ0v) is 11.3. The third-order valence-corrected chi connectivity index (χ3v) is 4.37. The van der Waals surface area contributed by atoms with Crippen molar-refractivity contribution in [3.05, 3.63) is 18.0 Å². The normalized spacial score (nSPS) is 26.8. The molecule has 2 heterocycles. The molecule has 4 heteroatoms. The van der Waals surface area contributed by atoms with Gasteiger partial charge in [0.15, 0.2) is 0 Å². The first kappa shape index (κ1) is 12.2. The molecule has 0 spiro atoms. The van der Waals surface area contributed by atoms with E-state index in [1.807, 2.05) is 0 Å². The minimum Gasteiger partial charge on any atom is -0.314 e. The molecule has 1 aromatic heterocycles. The van der Waals surface area contributed by atoms with E-state index in [0.29, 0.717) is 12.1 Å². The molecule has 2 fully saturated rings. The van der Waals surface area contributed by atoms with E-state index in [4.69, 9.17) is 5.10 Å². The van der Waals surface area contributed by atoms with Crippen molar-refractivity contribution in [3.63, 3.8) is 0 Å². The first-order valence-corrected chi connectivity index (χ1v) is 7.32. The summed E-state index contributed by atoms with van der Waals surface area (Å²) in [6.07, 6.45) is 7.54. The quantitative estimate of drug-likeness (QED) is 0.885. The van der Waals surface area contributed by atoms with Gasteiger partial charge in [-0.15, -0.1) is 0 Å². The van der Waals surface area contributed by atoms with Gasteiger partial charge in [0.05, 0.1) is 11.7 Å². The minimum atomic E-state index is 0.621. The van der Waals surface area contributed by atoms with Crippen LogP contribution in [0, 0.1) is 0 Å². The molecular weight excluding hydrogens is 224 g/mol. The maximum atomic E-state index is 4.78. The van der Waals surface area contributed by atoms with E-state index in [9.17, 15) is 0 Å². The molecule has 0 unspecified atom stereocenters. The van der Waals surface area contributed by atoms with Crippen LogP contribution in [-0.2, 0) is 6.54 Å². The van der Waals surface area contributed by atoms with E-state index in [0.717, 1.165) is 26.2 Å². The molecule has 2 aliphatic rings. The van der Waals surface area contributed by atoms with Crippen molar-refractivity contribution in [2.24, 2.45) is 0 Å². The van der Waals surface area contributed by atoms with Crippen LogP contribution in [0.2, 0.25) is 0 Å². The number of nitrogens with one attached hydrogen (secondary N) is 1. The van der Waals surface area contributed by atoms with Gasteiger partial charge in [0.1, 0.15) is 0 Å². The van der Waals surface area contributed by atoms with Crippen molar-refractivity contribution < 1.29 is 0 Å². The van der Waals surface area contributed by atoms with Gasteiger partial charge in [0.25, 0.3) is 0 Å². The van der Waals surface area contributed by atoms with Crippen molar-refractivity contribution in [1.82, 2.24) is 20.0 Å². The molecule has 1 aliphatic heterocycles. The van der Waals surface area contributed by atoms with E-state index in [1.54, 1.807) is 0 Å². The molecule has 3 rings (SSSR count). The van der Waals surface area contributed by atoms with Crippen molar-refractivity contribution in [2.45, 2.75) is 51.2 Å². The number of rotatable bonds is 3. The maximum Gasteiger partial charge on any atom is 0.0765 e. The number of hydrogen-bond acceptors (Lipinski definition) is 3. The van der Waals surface area contributed by atoms with Crippen LogP contribution in [0.4, 0.5) is 0 Å². The van der Waals surface area contributed by atoms with Crippen LogP contribution < -0.4 is 5.32 Å². The minimum absolute atomic E-state index is 0.621. The van der Waals surface area contributed by atoms with Gasteiger partial charge in [-0.2, -0.15) is 5.10 Å². The molecule has 100 valence electrons. The van der Waals surface area contributed by atoms with E-state index in [-0.39, 0.29) is 0 Å². The van der Waals surface area contributed by atoms with Gasteiger partial charge in [-0.25, -0.2) is 0 Å². The highest BCUT2D eigenvalue weighted by molar-refractivity contribution is 5.01. The van der Waals surface area contributed by atoms with Gasteiger partial charge < -0.3 is 5.32 Å². The number of aromatic nitrogens is 2. The topological polar surface area (TPSA) is 33.1 Å². The molecule has 4 nitrogen and oxygen atoms in total. The van der Waals surface area contributed by atoms with Crippen molar-refractivity contribution >= 4 is 0 Å². The van der Waals surface area contributed by atoms with Crippen LogP contribution in [0.25, 0.3) is 0 Å². The lowest BCUT2D eigenvalue weighted by atomic mass is 10.2. The van der Waals surface area contributed by atoms with Crippen LogP contribution in [0.15, 0.2) is 12.3 Å². The predicted molar refractivity (Wildman–Crippen MR) is 72.5 cm³/mol. The van der Waals surface area contributed by atoms with Crippen LogP contribution in [0.1, 0.15) is 44.3 Å². The first-order valence-electron chi connectivity index (χ1n) is 7.32. The summed E-state index contributed by atoms with van der Waals surface area (Å²) in [5, 5.41) is 8.21. The molecule has 1 atom stereocenters. The highest BCUT2D eigenvalue weighted by atomic mass is 15.3. The average molecular weight is 248 g/mol. The fourth-order valence-electron chi connectivity index (χ4n) is 3.16. The van der Waals surface area contributed by atoms with Gasteiger partial charge in [-0.1, -0.05) is 12.8 Å². The van der Waals surface area contributed by atoms with Crippen LogP contribution in [0.3, 0.4) is 0 Å². The van der Waals surface area contributed by atoms with Gasteiger partial charge in [-0.3, -0.25) is 9.58 Å². The van der Waals surface area contributed by atoms with E-state index in [1.165, 1.54) is 31.4 Å². The molecule has 18 heavy (non-hydrogen) atoms. The Balaban J connectivity index is 1.62. The van der Waals surface area contributed by atoms with Gasteiger partial charge >= 0.3 is 0 Å². The van der Waals surface area contributed by atoms with E-state index >= 15 is 0 Å². The largest absolute Gasteiger partial charge is 0.314 e. The SMILES string of the molecule is C[C@@H]1CNCCN1Cc1ccn(C2CCCC2)n1. The summed E-state index contributed by atoms with van der Waals surface area (Å²) in [5.74, 6) is 0. The molecule has 0 amide bonds. The Morgan fingerprint density at radius 1 is 1.39 bits per heavy atom. The summed E-state index contributed by atoms with van der Waals surface area (Å²) in [7, 11) is 0. The fourth-order valence-corrected chi connectivity index (χ4v) is 3.16. The van der Waals surface area contributed by atoms with Crippen molar-refractivity contribution in [3.8, 4) is 0 Å². The van der Waals surface area contributed by atoms with Gasteiger partial charge in [0.2, 0.25) is 0 Å². The highest BCUT2D eigenvalue weighted by Crippen LogP contribution is 2.28. The predicted octanol–water partition coefficient (Wildman–Crippen LogP) is 1.79. The van der Waals surface area contributed by atoms with Gasteiger partial charge in [0, 0.05) is 38.4 Å². The van der Waals surface area contributed by atoms with E-state index < -0.39 is 0 Å². The van der Waals surface area contributed by atoms with E-state index in [2.05, 4.69) is 34.1 Å². The Morgan fingerprint density at radius 2 is 2.22 bits per heavy atom.